The van der Waals surface area contributed by atoms with Gasteiger partial charge in [-0.05, 0) is 6.07 Å². The zero-order valence-corrected chi connectivity index (χ0v) is 8.48. The molecule has 2 aromatic rings. The number of H-pyrrole nitrogens is 2. The first-order valence-corrected chi connectivity index (χ1v) is 4.65. The maximum absolute atomic E-state index is 10.8. The van der Waals surface area contributed by atoms with Crippen LogP contribution in [0.2, 0.25) is 0 Å². The Kier molecular flexibility index (Phi) is 2.32. The molecule has 0 radical (unpaired) electrons. The van der Waals surface area contributed by atoms with Crippen LogP contribution in [-0.2, 0) is 0 Å². The summed E-state index contributed by atoms with van der Waals surface area (Å²) in [6.45, 7) is 4.04. The summed E-state index contributed by atoms with van der Waals surface area (Å²) in [5.41, 5.74) is 0.316. The highest BCUT2D eigenvalue weighted by atomic mass is 16.1. The van der Waals surface area contributed by atoms with Gasteiger partial charge in [-0.3, -0.25) is 9.89 Å². The second-order valence-corrected chi connectivity index (χ2v) is 3.51. The van der Waals surface area contributed by atoms with E-state index in [4.69, 9.17) is 0 Å². The van der Waals surface area contributed by atoms with Gasteiger partial charge in [0.2, 0.25) is 5.82 Å². The molecule has 2 N–H and O–H groups in total. The molecular weight excluding hydrogens is 194 g/mol. The quantitative estimate of drug-likeness (QED) is 0.754. The molecule has 2 rings (SSSR count). The fourth-order valence-corrected chi connectivity index (χ4v) is 1.12. The SMILES string of the molecule is CC(C)c1nc(-c2ccc(=O)[nH]n2)n[nH]1. The molecule has 0 atom stereocenters. The van der Waals surface area contributed by atoms with Crippen molar-refractivity contribution in [1.29, 1.82) is 0 Å². The van der Waals surface area contributed by atoms with E-state index in [1.54, 1.807) is 6.07 Å². The van der Waals surface area contributed by atoms with Crippen molar-refractivity contribution in [3.8, 4) is 11.5 Å². The highest BCUT2D eigenvalue weighted by molar-refractivity contribution is 5.46. The Bertz CT molecular complexity index is 493. The fraction of sp³-hybridized carbons (Fsp3) is 0.333. The number of aromatic nitrogens is 5. The van der Waals surface area contributed by atoms with Crippen molar-refractivity contribution in [3.63, 3.8) is 0 Å². The van der Waals surface area contributed by atoms with Gasteiger partial charge in [0.15, 0.2) is 0 Å². The molecule has 2 heterocycles. The second-order valence-electron chi connectivity index (χ2n) is 3.51. The van der Waals surface area contributed by atoms with E-state index < -0.39 is 0 Å². The summed E-state index contributed by atoms with van der Waals surface area (Å²) in [4.78, 5) is 15.1. The Morgan fingerprint density at radius 1 is 1.20 bits per heavy atom. The van der Waals surface area contributed by atoms with Gasteiger partial charge >= 0.3 is 0 Å². The van der Waals surface area contributed by atoms with Crippen LogP contribution in [0.25, 0.3) is 11.5 Å². The van der Waals surface area contributed by atoms with Gasteiger partial charge in [-0.2, -0.15) is 10.2 Å². The van der Waals surface area contributed by atoms with E-state index in [-0.39, 0.29) is 11.5 Å². The Hall–Kier alpha value is -1.98. The molecule has 0 saturated carbocycles. The van der Waals surface area contributed by atoms with Gasteiger partial charge in [0.1, 0.15) is 11.5 Å². The third kappa shape index (κ3) is 1.93. The van der Waals surface area contributed by atoms with E-state index in [2.05, 4.69) is 25.4 Å². The molecule has 0 saturated heterocycles. The van der Waals surface area contributed by atoms with Gasteiger partial charge < -0.3 is 0 Å². The van der Waals surface area contributed by atoms with Crippen molar-refractivity contribution in [3.05, 3.63) is 28.3 Å². The largest absolute Gasteiger partial charge is 0.268 e. The molecule has 6 heteroatoms. The van der Waals surface area contributed by atoms with E-state index in [1.807, 2.05) is 13.8 Å². The standard InChI is InChI=1S/C9H11N5O/c1-5(2)8-10-9(14-13-8)6-3-4-7(15)12-11-6/h3-5H,1-2H3,(H,12,15)(H,10,13,14). The van der Waals surface area contributed by atoms with E-state index in [0.717, 1.165) is 5.82 Å². The van der Waals surface area contributed by atoms with Crippen LogP contribution in [0, 0.1) is 0 Å². The van der Waals surface area contributed by atoms with Crippen LogP contribution in [0.15, 0.2) is 16.9 Å². The van der Waals surface area contributed by atoms with Gasteiger partial charge in [-0.15, -0.1) is 0 Å². The normalized spacial score (nSPS) is 10.9. The molecule has 0 amide bonds. The lowest BCUT2D eigenvalue weighted by Gasteiger charge is -1.95. The van der Waals surface area contributed by atoms with Crippen LogP contribution < -0.4 is 5.56 Å². The summed E-state index contributed by atoms with van der Waals surface area (Å²) < 4.78 is 0. The molecule has 78 valence electrons. The Labute approximate surface area is 85.8 Å². The first-order valence-electron chi connectivity index (χ1n) is 4.65. The van der Waals surface area contributed by atoms with Crippen molar-refractivity contribution in [2.24, 2.45) is 0 Å². The average Bonchev–Trinajstić information content (AvgIpc) is 2.68. The predicted octanol–water partition coefficient (Wildman–Crippen LogP) is 0.678. The van der Waals surface area contributed by atoms with Crippen molar-refractivity contribution in [1.82, 2.24) is 25.4 Å². The molecule has 0 aliphatic heterocycles. The van der Waals surface area contributed by atoms with E-state index >= 15 is 0 Å². The smallest absolute Gasteiger partial charge is 0.264 e. The van der Waals surface area contributed by atoms with E-state index in [1.165, 1.54) is 6.07 Å². The van der Waals surface area contributed by atoms with Crippen LogP contribution in [0.3, 0.4) is 0 Å². The second kappa shape index (κ2) is 3.64. The first-order chi connectivity index (χ1) is 7.16. The van der Waals surface area contributed by atoms with E-state index in [0.29, 0.717) is 11.5 Å². The van der Waals surface area contributed by atoms with Crippen molar-refractivity contribution in [2.75, 3.05) is 0 Å². The minimum atomic E-state index is -0.238. The summed E-state index contributed by atoms with van der Waals surface area (Å²) in [7, 11) is 0. The topological polar surface area (TPSA) is 87.3 Å². The molecule has 0 aliphatic rings. The van der Waals surface area contributed by atoms with Gasteiger partial charge in [0, 0.05) is 12.0 Å². The molecule has 0 spiro atoms. The number of aromatic amines is 2. The maximum Gasteiger partial charge on any atom is 0.264 e. The number of nitrogens with one attached hydrogen (secondary N) is 2. The molecule has 0 bridgehead atoms. The molecule has 2 aromatic heterocycles. The third-order valence-corrected chi connectivity index (χ3v) is 1.96. The Balaban J connectivity index is 2.37. The molecule has 0 aliphatic carbocycles. The molecule has 6 nitrogen and oxygen atoms in total. The molecule has 0 aromatic carbocycles. The van der Waals surface area contributed by atoms with Gasteiger partial charge in [-0.25, -0.2) is 10.1 Å². The predicted molar refractivity (Wildman–Crippen MR) is 54.3 cm³/mol. The third-order valence-electron chi connectivity index (χ3n) is 1.96. The monoisotopic (exact) mass is 205 g/mol. The van der Waals surface area contributed by atoms with Gasteiger partial charge in [-0.1, -0.05) is 13.8 Å². The molecule has 0 fully saturated rings. The van der Waals surface area contributed by atoms with Crippen LogP contribution in [-0.4, -0.2) is 25.4 Å². The summed E-state index contributed by atoms with van der Waals surface area (Å²) in [5.74, 6) is 1.59. The molecule has 15 heavy (non-hydrogen) atoms. The molecular formula is C9H11N5O. The number of hydrogen-bond acceptors (Lipinski definition) is 4. The maximum atomic E-state index is 10.8. The lowest BCUT2D eigenvalue weighted by Crippen LogP contribution is -2.05. The first kappa shape index (κ1) is 9.57. The lowest BCUT2D eigenvalue weighted by atomic mass is 10.2. The minimum absolute atomic E-state index is 0.238. The zero-order valence-electron chi connectivity index (χ0n) is 8.48. The van der Waals surface area contributed by atoms with Crippen molar-refractivity contribution < 1.29 is 0 Å². The summed E-state index contributed by atoms with van der Waals surface area (Å²) in [6.07, 6.45) is 0. The fourth-order valence-electron chi connectivity index (χ4n) is 1.12. The highest BCUT2D eigenvalue weighted by Crippen LogP contribution is 2.13. The van der Waals surface area contributed by atoms with Crippen LogP contribution in [0.4, 0.5) is 0 Å². The Morgan fingerprint density at radius 3 is 2.53 bits per heavy atom. The zero-order chi connectivity index (χ0) is 10.8. The summed E-state index contributed by atoms with van der Waals surface area (Å²) >= 11 is 0. The van der Waals surface area contributed by atoms with Gasteiger partial charge in [0.05, 0.1) is 0 Å². The van der Waals surface area contributed by atoms with E-state index in [9.17, 15) is 4.79 Å². The van der Waals surface area contributed by atoms with Crippen molar-refractivity contribution in [2.45, 2.75) is 19.8 Å². The number of rotatable bonds is 2. The number of hydrogen-bond donors (Lipinski definition) is 2. The van der Waals surface area contributed by atoms with Crippen LogP contribution in [0.1, 0.15) is 25.6 Å². The summed E-state index contributed by atoms with van der Waals surface area (Å²) in [6, 6.07) is 2.99. The van der Waals surface area contributed by atoms with Crippen LogP contribution >= 0.6 is 0 Å². The Morgan fingerprint density at radius 2 is 2.00 bits per heavy atom. The minimum Gasteiger partial charge on any atom is -0.268 e. The lowest BCUT2D eigenvalue weighted by molar-refractivity contribution is 0.781. The highest BCUT2D eigenvalue weighted by Gasteiger charge is 2.09. The molecule has 0 unspecified atom stereocenters. The average molecular weight is 205 g/mol. The van der Waals surface area contributed by atoms with Crippen molar-refractivity contribution >= 4 is 0 Å². The van der Waals surface area contributed by atoms with Crippen LogP contribution in [0.5, 0.6) is 0 Å². The van der Waals surface area contributed by atoms with Gasteiger partial charge in [0.25, 0.3) is 5.56 Å². The number of nitrogens with zero attached hydrogens (tertiary/aromatic N) is 3. The summed E-state index contributed by atoms with van der Waals surface area (Å²) in [5, 5.41) is 13.0.